The van der Waals surface area contributed by atoms with Gasteiger partial charge in [-0.1, -0.05) is 0 Å². The van der Waals surface area contributed by atoms with Crippen molar-refractivity contribution in [2.24, 2.45) is 0 Å². The largest absolute Gasteiger partial charge is 0.999 e. The maximum absolute atomic E-state index is 8.36. The molecule has 0 fully saturated rings. The number of nitrogens with zero attached hydrogens (tertiary/aromatic N) is 2. The molecule has 0 saturated heterocycles. The summed E-state index contributed by atoms with van der Waals surface area (Å²) < 4.78 is 0. The molecule has 11 heteroatoms. The van der Waals surface area contributed by atoms with Gasteiger partial charge in [-0.25, -0.2) is 24.3 Å². The van der Waals surface area contributed by atoms with E-state index in [-0.39, 0.29) is 48.9 Å². The fraction of sp³-hybridized carbons (Fsp3) is 0. The average Bonchev–Trinajstić information content (AvgIpc) is 3.52. The molecule has 31 heavy (non-hydrogen) atoms. The van der Waals surface area contributed by atoms with Crippen LogP contribution in [0.4, 0.5) is 0 Å². The first-order valence-electron chi connectivity index (χ1n) is 7.46. The van der Waals surface area contributed by atoms with Gasteiger partial charge >= 0.3 is 0 Å². The quantitative estimate of drug-likeness (QED) is 0.165. The first-order chi connectivity index (χ1) is 13.5. The van der Waals surface area contributed by atoms with Crippen LogP contribution in [0.3, 0.4) is 0 Å². The van der Waals surface area contributed by atoms with Crippen LogP contribution in [-0.2, 0) is 43.4 Å². The van der Waals surface area contributed by atoms with E-state index < -0.39 is 10.2 Å². The van der Waals surface area contributed by atoms with Gasteiger partial charge in [0.1, 0.15) is 0 Å². The smallest absolute Gasteiger partial charge is 0.291 e. The molecule has 0 amide bonds. The van der Waals surface area contributed by atoms with Gasteiger partial charge in [0.05, 0.1) is 0 Å². The molecule has 4 N–H and O–H groups in total. The van der Waals surface area contributed by atoms with Crippen LogP contribution in [0.2, 0.25) is 0 Å². The maximum atomic E-state index is 8.36. The van der Waals surface area contributed by atoms with Crippen LogP contribution in [0.15, 0.2) is 97.1 Å². The molecule has 172 valence electrons. The third-order valence-corrected chi connectivity index (χ3v) is 2.02. The van der Waals surface area contributed by atoms with E-state index in [2.05, 4.69) is 24.3 Å². The van der Waals surface area contributed by atoms with E-state index in [4.69, 9.17) is 30.6 Å². The summed E-state index contributed by atoms with van der Waals surface area (Å²) in [6, 6.07) is 42.0. The van der Waals surface area contributed by atoms with E-state index in [9.17, 15) is 0 Å². The normalized spacial score (nSPS) is 6.71. The van der Waals surface area contributed by atoms with Crippen molar-refractivity contribution in [2.45, 2.75) is 0 Å². The summed E-state index contributed by atoms with van der Waals surface area (Å²) in [7, 11) is 0. The van der Waals surface area contributed by atoms with Crippen LogP contribution in [-0.4, -0.2) is 26.1 Å². The van der Waals surface area contributed by atoms with Crippen LogP contribution < -0.4 is 0 Å². The van der Waals surface area contributed by atoms with Crippen molar-refractivity contribution in [3.05, 3.63) is 142 Å². The minimum absolute atomic E-state index is 0. The zero-order chi connectivity index (χ0) is 21.3. The number of hydrogen-bond acceptors (Lipinski definition) is 4. The van der Waals surface area contributed by atoms with Crippen molar-refractivity contribution in [1.29, 1.82) is 0 Å². The standard InChI is InChI=1S/3C5H5.C5H.2HNO3.H2O.2Ti/c4*1-2-4-5-3-1;2*2-1(3)4;;;/h3*1-5H;1H;2*(H,2,3,4);1H2;;/q-5;2*-1;-5;;;;;. The van der Waals surface area contributed by atoms with Crippen molar-refractivity contribution in [3.8, 4) is 0 Å². The van der Waals surface area contributed by atoms with Gasteiger partial charge in [0, 0.05) is 43.4 Å². The van der Waals surface area contributed by atoms with Gasteiger partial charge in [-0.15, -0.1) is 20.2 Å². The minimum Gasteiger partial charge on any atom is -0.999 e. The van der Waals surface area contributed by atoms with Crippen molar-refractivity contribution >= 4 is 0 Å². The molecular formula is C20H20N2O7Ti2-12. The molecule has 0 bridgehead atoms. The zero-order valence-corrected chi connectivity index (χ0v) is 19.3. The summed E-state index contributed by atoms with van der Waals surface area (Å²) in [6.07, 6.45) is 0. The molecule has 4 aromatic carbocycles. The van der Waals surface area contributed by atoms with Crippen molar-refractivity contribution in [3.63, 3.8) is 0 Å². The third kappa shape index (κ3) is 58.4. The molecule has 0 unspecified atom stereocenters. The van der Waals surface area contributed by atoms with Gasteiger partial charge in [0.25, 0.3) is 10.2 Å². The van der Waals surface area contributed by atoms with Gasteiger partial charge in [-0.2, -0.15) is 36.4 Å². The molecule has 4 aromatic rings. The van der Waals surface area contributed by atoms with Crippen LogP contribution in [0.1, 0.15) is 0 Å². The first kappa shape index (κ1) is 38.8. The SMILES string of the molecule is O.O=[N+]([O-])O.O=[N+]([O-])O.[Ti].[Ti].[c-]1[c-][c-][cH-][c-]1.[cH-]1[cH-][cH-][cH-][cH-]1.c1cc[cH-]c1.c1cc[cH-]c1. The van der Waals surface area contributed by atoms with Crippen LogP contribution in [0.25, 0.3) is 0 Å². The summed E-state index contributed by atoms with van der Waals surface area (Å²) in [5.74, 6) is 0. The average molecular weight is 496 g/mol. The Hall–Kier alpha value is -2.81. The Morgan fingerprint density at radius 3 is 0.968 bits per heavy atom. The predicted molar refractivity (Wildman–Crippen MR) is 105 cm³/mol. The van der Waals surface area contributed by atoms with Crippen LogP contribution in [0.5, 0.6) is 0 Å². The molecule has 0 saturated carbocycles. The van der Waals surface area contributed by atoms with Gasteiger partial charge < -0.3 is 76.6 Å². The van der Waals surface area contributed by atoms with Crippen LogP contribution >= 0.6 is 0 Å². The fourth-order valence-electron chi connectivity index (χ4n) is 1.14. The van der Waals surface area contributed by atoms with Gasteiger partial charge in [0.2, 0.25) is 0 Å². The van der Waals surface area contributed by atoms with Crippen molar-refractivity contribution in [1.82, 2.24) is 0 Å². The second-order valence-corrected chi connectivity index (χ2v) is 4.05. The fourth-order valence-corrected chi connectivity index (χ4v) is 1.14. The first-order valence-corrected chi connectivity index (χ1v) is 7.46. The van der Waals surface area contributed by atoms with Gasteiger partial charge in [-0.3, -0.25) is 0 Å². The Balaban J connectivity index is -0.0000000859. The molecule has 0 heterocycles. The monoisotopic (exact) mass is 496 g/mol. The van der Waals surface area contributed by atoms with E-state index >= 15 is 0 Å². The Morgan fingerprint density at radius 2 is 0.871 bits per heavy atom. The zero-order valence-electron chi connectivity index (χ0n) is 16.2. The Morgan fingerprint density at radius 1 is 0.645 bits per heavy atom. The molecule has 4 rings (SSSR count). The van der Waals surface area contributed by atoms with E-state index in [0.29, 0.717) is 0 Å². The van der Waals surface area contributed by atoms with Crippen molar-refractivity contribution < 1.29 is 69.5 Å². The summed E-state index contributed by atoms with van der Waals surface area (Å²) in [6.45, 7) is 0. The van der Waals surface area contributed by atoms with E-state index in [1.807, 2.05) is 91.0 Å². The molecule has 0 radical (unpaired) electrons. The summed E-state index contributed by atoms with van der Waals surface area (Å²) >= 11 is 0. The molecule has 0 aliphatic rings. The maximum Gasteiger partial charge on any atom is 0.291 e. The second kappa shape index (κ2) is 34.7. The third-order valence-electron chi connectivity index (χ3n) is 2.02. The van der Waals surface area contributed by atoms with Gasteiger partial charge in [0.15, 0.2) is 0 Å². The number of hydrogen-bond donors (Lipinski definition) is 2. The van der Waals surface area contributed by atoms with Crippen molar-refractivity contribution in [2.75, 3.05) is 0 Å². The summed E-state index contributed by atoms with van der Waals surface area (Å²) in [5, 5.41) is 27.3. The minimum atomic E-state index is -1.50. The molecule has 0 aromatic heterocycles. The molecule has 0 aliphatic carbocycles. The number of rotatable bonds is 0. The molecule has 0 atom stereocenters. The van der Waals surface area contributed by atoms with E-state index in [1.165, 1.54) is 0 Å². The molecule has 0 aliphatic heterocycles. The van der Waals surface area contributed by atoms with E-state index in [1.54, 1.807) is 6.07 Å². The molecule has 9 nitrogen and oxygen atoms in total. The Bertz CT molecular complexity index is 522. The van der Waals surface area contributed by atoms with Gasteiger partial charge in [-0.05, 0) is 0 Å². The summed E-state index contributed by atoms with van der Waals surface area (Å²) in [5.41, 5.74) is 0. The van der Waals surface area contributed by atoms with E-state index in [0.717, 1.165) is 0 Å². The second-order valence-electron chi connectivity index (χ2n) is 4.05. The van der Waals surface area contributed by atoms with Crippen LogP contribution in [0, 0.1) is 44.5 Å². The Kier molecular flexibility index (Phi) is 43.4. The molecular weight excluding hydrogens is 476 g/mol. The topological polar surface area (TPSA) is 158 Å². The predicted octanol–water partition coefficient (Wildman–Crippen LogP) is 3.30. The summed E-state index contributed by atoms with van der Waals surface area (Å²) in [4.78, 5) is 16.7. The molecule has 0 spiro atoms. The Labute approximate surface area is 210 Å².